The first-order chi connectivity index (χ1) is 5.77. The van der Waals surface area contributed by atoms with Crippen LogP contribution in [0.25, 0.3) is 11.3 Å². The van der Waals surface area contributed by atoms with Crippen molar-refractivity contribution in [2.75, 3.05) is 0 Å². The largest absolute Gasteiger partial charge is 3.00 e. The number of hydrogen-bond donors (Lipinski definition) is 0. The van der Waals surface area contributed by atoms with Crippen LogP contribution in [0, 0.1) is 13.8 Å². The van der Waals surface area contributed by atoms with E-state index in [9.17, 15) is 0 Å². The van der Waals surface area contributed by atoms with Gasteiger partial charge in [0.25, 0.3) is 0 Å². The van der Waals surface area contributed by atoms with Crippen molar-refractivity contribution >= 4 is 0 Å². The Labute approximate surface area is 122 Å². The van der Waals surface area contributed by atoms with Crippen LogP contribution in [0.3, 0.4) is 0 Å². The van der Waals surface area contributed by atoms with Gasteiger partial charge in [0.2, 0.25) is 0 Å². The van der Waals surface area contributed by atoms with Gasteiger partial charge in [0.1, 0.15) is 0 Å². The number of aryl methyl sites for hydroxylation is 2. The van der Waals surface area contributed by atoms with E-state index in [1.54, 1.807) is 6.26 Å². The number of hydrogen-bond acceptors (Lipinski definition) is 1. The van der Waals surface area contributed by atoms with Crippen LogP contribution in [0.2, 0.25) is 0 Å². The van der Waals surface area contributed by atoms with Crippen molar-refractivity contribution in [2.24, 2.45) is 0 Å². The molecule has 0 saturated carbocycles. The monoisotopic (exact) mass is 319 g/mol. The van der Waals surface area contributed by atoms with Crippen LogP contribution in [-0.2, 0) is 26.2 Å². The SMILES string of the molecule is Cc1cc(-c2ccco2)c(C)[cH-]1.[Cl-].[Cl-].[Zr+3]. The summed E-state index contributed by atoms with van der Waals surface area (Å²) in [6.07, 6.45) is 1.71. The van der Waals surface area contributed by atoms with Crippen molar-refractivity contribution in [3.05, 3.63) is 41.7 Å². The third-order valence-corrected chi connectivity index (χ3v) is 2.03. The van der Waals surface area contributed by atoms with E-state index in [-0.39, 0.29) is 51.0 Å². The van der Waals surface area contributed by atoms with Crippen molar-refractivity contribution in [1.29, 1.82) is 0 Å². The molecule has 0 bridgehead atoms. The van der Waals surface area contributed by atoms with Gasteiger partial charge in [-0.3, -0.25) is 0 Å². The van der Waals surface area contributed by atoms with Crippen LogP contribution in [0.5, 0.6) is 0 Å². The van der Waals surface area contributed by atoms with E-state index in [1.165, 1.54) is 16.7 Å². The van der Waals surface area contributed by atoms with E-state index in [2.05, 4.69) is 26.0 Å². The number of rotatable bonds is 1. The van der Waals surface area contributed by atoms with Gasteiger partial charge >= 0.3 is 26.2 Å². The summed E-state index contributed by atoms with van der Waals surface area (Å²) < 4.78 is 5.31. The zero-order valence-corrected chi connectivity index (χ0v) is 12.5. The molecule has 0 aliphatic rings. The Kier molecular flexibility index (Phi) is 8.60. The first kappa shape index (κ1) is 17.5. The molecule has 1 aromatic heterocycles. The van der Waals surface area contributed by atoms with Crippen molar-refractivity contribution < 1.29 is 55.4 Å². The molecule has 0 atom stereocenters. The molecule has 0 unspecified atom stereocenters. The van der Waals surface area contributed by atoms with Crippen molar-refractivity contribution in [3.63, 3.8) is 0 Å². The average Bonchev–Trinajstić information content (AvgIpc) is 2.58. The van der Waals surface area contributed by atoms with Crippen molar-refractivity contribution in [1.82, 2.24) is 0 Å². The van der Waals surface area contributed by atoms with Gasteiger partial charge in [-0.1, -0.05) is 13.8 Å². The fourth-order valence-corrected chi connectivity index (χ4v) is 1.50. The summed E-state index contributed by atoms with van der Waals surface area (Å²) in [6, 6.07) is 8.21. The molecular weight excluding hydrogens is 310 g/mol. The molecule has 1 radical (unpaired) electrons. The normalized spacial score (nSPS) is 8.40. The molecular formula is C11H11Cl2OZr. The Bertz CT molecular complexity index is 379. The second-order valence-electron chi connectivity index (χ2n) is 3.11. The van der Waals surface area contributed by atoms with Crippen LogP contribution < -0.4 is 24.8 Å². The minimum Gasteiger partial charge on any atom is -1.00 e. The van der Waals surface area contributed by atoms with Gasteiger partial charge in [0.05, 0.1) is 12.0 Å². The van der Waals surface area contributed by atoms with Gasteiger partial charge in [-0.25, -0.2) is 6.07 Å². The quantitative estimate of drug-likeness (QED) is 0.521. The van der Waals surface area contributed by atoms with Crippen LogP contribution in [0.4, 0.5) is 0 Å². The first-order valence-electron chi connectivity index (χ1n) is 4.05. The zero-order chi connectivity index (χ0) is 8.55. The summed E-state index contributed by atoms with van der Waals surface area (Å²) in [6.45, 7) is 4.20. The second kappa shape index (κ2) is 7.38. The van der Waals surface area contributed by atoms with Gasteiger partial charge in [-0.2, -0.15) is 17.2 Å². The Morgan fingerprint density at radius 3 is 2.27 bits per heavy atom. The Balaban J connectivity index is 0. The molecule has 2 aromatic rings. The first-order valence-corrected chi connectivity index (χ1v) is 4.05. The predicted octanol–water partition coefficient (Wildman–Crippen LogP) is -2.71. The topological polar surface area (TPSA) is 13.1 Å². The maximum atomic E-state index is 5.31. The zero-order valence-electron chi connectivity index (χ0n) is 8.55. The van der Waals surface area contributed by atoms with Crippen LogP contribution in [0.1, 0.15) is 11.1 Å². The second-order valence-corrected chi connectivity index (χ2v) is 3.11. The van der Waals surface area contributed by atoms with Crippen molar-refractivity contribution in [2.45, 2.75) is 13.8 Å². The van der Waals surface area contributed by atoms with E-state index in [0.717, 1.165) is 5.76 Å². The minimum absolute atomic E-state index is 0. The van der Waals surface area contributed by atoms with Gasteiger partial charge in [-0.05, 0) is 12.1 Å². The van der Waals surface area contributed by atoms with E-state index >= 15 is 0 Å². The number of furan rings is 1. The molecule has 79 valence electrons. The smallest absolute Gasteiger partial charge is 1.00 e. The summed E-state index contributed by atoms with van der Waals surface area (Å²) >= 11 is 0. The fraction of sp³-hybridized carbons (Fsp3) is 0.182. The van der Waals surface area contributed by atoms with E-state index in [4.69, 9.17) is 4.42 Å². The van der Waals surface area contributed by atoms with Crippen LogP contribution in [-0.4, -0.2) is 0 Å². The van der Waals surface area contributed by atoms with Gasteiger partial charge in [-0.15, -0.1) is 5.56 Å². The summed E-state index contributed by atoms with van der Waals surface area (Å²) in [5.41, 5.74) is 3.78. The molecule has 1 nitrogen and oxygen atoms in total. The fourth-order valence-electron chi connectivity index (χ4n) is 1.50. The van der Waals surface area contributed by atoms with Crippen LogP contribution >= 0.6 is 0 Å². The molecule has 1 aromatic carbocycles. The Morgan fingerprint density at radius 2 is 1.87 bits per heavy atom. The van der Waals surface area contributed by atoms with Crippen molar-refractivity contribution in [3.8, 4) is 11.3 Å². The Hall–Kier alpha value is 0.0931. The molecule has 0 aliphatic heterocycles. The standard InChI is InChI=1S/C11H11O.2ClH.Zr/c1-8-6-9(2)10(7-8)11-4-3-5-12-11;;;/h3-7H,1-2H3;2*1H;/q-1;;;+3/p-2. The minimum atomic E-state index is 0. The summed E-state index contributed by atoms with van der Waals surface area (Å²) in [5, 5.41) is 0. The number of halogens is 2. The molecule has 0 fully saturated rings. The third kappa shape index (κ3) is 3.86. The van der Waals surface area contributed by atoms with E-state index in [1.807, 2.05) is 12.1 Å². The molecule has 0 aliphatic carbocycles. The van der Waals surface area contributed by atoms with Gasteiger partial charge < -0.3 is 29.2 Å². The third-order valence-electron chi connectivity index (χ3n) is 2.03. The molecule has 0 amide bonds. The van der Waals surface area contributed by atoms with Gasteiger partial charge in [0, 0.05) is 0 Å². The molecule has 0 saturated heterocycles. The molecule has 15 heavy (non-hydrogen) atoms. The maximum Gasteiger partial charge on any atom is 3.00 e. The summed E-state index contributed by atoms with van der Waals surface area (Å²) in [7, 11) is 0. The predicted molar refractivity (Wildman–Crippen MR) is 49.2 cm³/mol. The molecule has 2 rings (SSSR count). The molecule has 1 heterocycles. The van der Waals surface area contributed by atoms with E-state index < -0.39 is 0 Å². The maximum absolute atomic E-state index is 5.31. The Morgan fingerprint density at radius 1 is 1.20 bits per heavy atom. The van der Waals surface area contributed by atoms with Crippen LogP contribution in [0.15, 0.2) is 34.9 Å². The molecule has 0 N–H and O–H groups in total. The van der Waals surface area contributed by atoms with Gasteiger partial charge in [0.15, 0.2) is 0 Å². The average molecular weight is 321 g/mol. The molecule has 0 spiro atoms. The summed E-state index contributed by atoms with van der Waals surface area (Å²) in [5.74, 6) is 0.959. The molecule has 4 heteroatoms. The van der Waals surface area contributed by atoms with E-state index in [0.29, 0.717) is 0 Å². The summed E-state index contributed by atoms with van der Waals surface area (Å²) in [4.78, 5) is 0.